The zero-order chi connectivity index (χ0) is 10.4. The van der Waals surface area contributed by atoms with Crippen LogP contribution in [0.1, 0.15) is 25.8 Å². The smallest absolute Gasteiger partial charge is 0.199 e. The van der Waals surface area contributed by atoms with Crippen LogP contribution in [-0.4, -0.2) is 12.9 Å². The Balaban J connectivity index is 2.53. The maximum Gasteiger partial charge on any atom is 0.199 e. The molecule has 1 aromatic carbocycles. The first kappa shape index (κ1) is 11.1. The lowest BCUT2D eigenvalue weighted by Gasteiger charge is -2.17. The molecule has 1 rings (SSSR count). The first-order chi connectivity index (χ1) is 6.76. The molecule has 0 radical (unpaired) electrons. The van der Waals surface area contributed by atoms with Crippen LogP contribution in [0.2, 0.25) is 0 Å². The Hall–Kier alpha value is -1.02. The summed E-state index contributed by atoms with van der Waals surface area (Å²) in [5.74, 6) is 0.871. The third kappa shape index (κ3) is 3.38. The van der Waals surface area contributed by atoms with E-state index < -0.39 is 0 Å². The molecule has 2 heteroatoms. The fourth-order valence-electron chi connectivity index (χ4n) is 1.19. The van der Waals surface area contributed by atoms with Crippen molar-refractivity contribution in [1.29, 1.82) is 0 Å². The molecule has 0 amide bonds. The lowest BCUT2D eigenvalue weighted by molar-refractivity contribution is -0.0766. The highest BCUT2D eigenvalue weighted by Gasteiger charge is 2.06. The van der Waals surface area contributed by atoms with Gasteiger partial charge in [-0.1, -0.05) is 24.6 Å². The van der Waals surface area contributed by atoms with Crippen molar-refractivity contribution in [2.75, 3.05) is 6.61 Å². The van der Waals surface area contributed by atoms with E-state index in [1.54, 1.807) is 0 Å². The summed E-state index contributed by atoms with van der Waals surface area (Å²) in [5.41, 5.74) is 1.24. The minimum absolute atomic E-state index is 0.122. The van der Waals surface area contributed by atoms with E-state index in [1.807, 2.05) is 31.2 Å². The van der Waals surface area contributed by atoms with Crippen LogP contribution in [0.3, 0.4) is 0 Å². The van der Waals surface area contributed by atoms with E-state index in [9.17, 15) is 0 Å². The highest BCUT2D eigenvalue weighted by atomic mass is 16.7. The van der Waals surface area contributed by atoms with Crippen LogP contribution in [0.5, 0.6) is 5.75 Å². The topological polar surface area (TPSA) is 18.5 Å². The molecule has 1 aromatic rings. The average molecular weight is 194 g/mol. The zero-order valence-corrected chi connectivity index (χ0v) is 9.12. The van der Waals surface area contributed by atoms with Crippen molar-refractivity contribution >= 4 is 0 Å². The summed E-state index contributed by atoms with van der Waals surface area (Å²) >= 11 is 0. The van der Waals surface area contributed by atoms with Crippen LogP contribution in [0.4, 0.5) is 0 Å². The van der Waals surface area contributed by atoms with E-state index in [4.69, 9.17) is 9.47 Å². The molecule has 0 fully saturated rings. The molecular weight excluding hydrogens is 176 g/mol. The van der Waals surface area contributed by atoms with Crippen LogP contribution in [0, 0.1) is 6.92 Å². The number of ether oxygens (including phenoxy) is 2. The predicted octanol–water partition coefficient (Wildman–Crippen LogP) is 3.15. The molecule has 0 spiro atoms. The first-order valence-electron chi connectivity index (χ1n) is 5.11. The van der Waals surface area contributed by atoms with Gasteiger partial charge >= 0.3 is 0 Å². The molecule has 1 atom stereocenters. The van der Waals surface area contributed by atoms with Gasteiger partial charge in [-0.3, -0.25) is 0 Å². The molecule has 14 heavy (non-hydrogen) atoms. The Kier molecular flexibility index (Phi) is 4.47. The van der Waals surface area contributed by atoms with Gasteiger partial charge in [-0.2, -0.15) is 0 Å². The van der Waals surface area contributed by atoms with Gasteiger partial charge in [0.25, 0.3) is 0 Å². The van der Waals surface area contributed by atoms with Gasteiger partial charge in [-0.05, 0) is 26.0 Å². The molecule has 0 saturated heterocycles. The minimum atomic E-state index is -0.122. The Morgan fingerprint density at radius 3 is 2.29 bits per heavy atom. The van der Waals surface area contributed by atoms with Crippen LogP contribution in [-0.2, 0) is 4.74 Å². The fourth-order valence-corrected chi connectivity index (χ4v) is 1.19. The average Bonchev–Trinajstić information content (AvgIpc) is 2.20. The van der Waals surface area contributed by atoms with Crippen molar-refractivity contribution in [2.45, 2.75) is 33.5 Å². The van der Waals surface area contributed by atoms with Crippen LogP contribution >= 0.6 is 0 Å². The van der Waals surface area contributed by atoms with Gasteiger partial charge in [0, 0.05) is 13.0 Å². The van der Waals surface area contributed by atoms with Crippen molar-refractivity contribution in [3.8, 4) is 5.75 Å². The lowest BCUT2D eigenvalue weighted by atomic mass is 10.2. The summed E-state index contributed by atoms with van der Waals surface area (Å²) in [7, 11) is 0. The van der Waals surface area contributed by atoms with E-state index in [1.165, 1.54) is 5.56 Å². The van der Waals surface area contributed by atoms with Crippen molar-refractivity contribution in [1.82, 2.24) is 0 Å². The number of aryl methyl sites for hydroxylation is 1. The third-order valence-electron chi connectivity index (χ3n) is 1.97. The fraction of sp³-hybridized carbons (Fsp3) is 0.500. The van der Waals surface area contributed by atoms with Gasteiger partial charge < -0.3 is 9.47 Å². The maximum absolute atomic E-state index is 5.64. The van der Waals surface area contributed by atoms with Crippen LogP contribution in [0.25, 0.3) is 0 Å². The largest absolute Gasteiger partial charge is 0.465 e. The van der Waals surface area contributed by atoms with Gasteiger partial charge in [-0.15, -0.1) is 0 Å². The summed E-state index contributed by atoms with van der Waals surface area (Å²) < 4.78 is 11.0. The number of rotatable bonds is 5. The van der Waals surface area contributed by atoms with E-state index in [0.717, 1.165) is 12.2 Å². The molecule has 0 aliphatic heterocycles. The van der Waals surface area contributed by atoms with Gasteiger partial charge in [0.05, 0.1) is 0 Å². The predicted molar refractivity (Wildman–Crippen MR) is 57.5 cm³/mol. The van der Waals surface area contributed by atoms with Gasteiger partial charge in [0.15, 0.2) is 6.29 Å². The van der Waals surface area contributed by atoms with Gasteiger partial charge in [0.2, 0.25) is 0 Å². The van der Waals surface area contributed by atoms with Crippen molar-refractivity contribution < 1.29 is 9.47 Å². The maximum atomic E-state index is 5.64. The first-order valence-corrected chi connectivity index (χ1v) is 5.11. The zero-order valence-electron chi connectivity index (χ0n) is 9.12. The molecule has 0 bridgehead atoms. The monoisotopic (exact) mass is 194 g/mol. The van der Waals surface area contributed by atoms with E-state index in [2.05, 4.69) is 13.8 Å². The Bertz CT molecular complexity index is 254. The minimum Gasteiger partial charge on any atom is -0.465 e. The number of hydrogen-bond acceptors (Lipinski definition) is 2. The molecule has 0 aliphatic rings. The molecule has 0 heterocycles. The molecule has 2 nitrogen and oxygen atoms in total. The van der Waals surface area contributed by atoms with E-state index >= 15 is 0 Å². The summed E-state index contributed by atoms with van der Waals surface area (Å²) in [6, 6.07) is 8.01. The Morgan fingerprint density at radius 2 is 1.79 bits per heavy atom. The van der Waals surface area contributed by atoms with Gasteiger partial charge in [-0.25, -0.2) is 0 Å². The molecule has 0 N–H and O–H groups in total. The van der Waals surface area contributed by atoms with Crippen molar-refractivity contribution in [2.24, 2.45) is 0 Å². The highest BCUT2D eigenvalue weighted by Crippen LogP contribution is 2.14. The second kappa shape index (κ2) is 5.66. The standard InChI is InChI=1S/C12H18O2/c1-4-12(13-5-2)14-11-8-6-10(3)7-9-11/h6-9,12H,4-5H2,1-3H3. The molecular formula is C12H18O2. The Morgan fingerprint density at radius 1 is 1.14 bits per heavy atom. The number of benzene rings is 1. The second-order valence-corrected chi connectivity index (χ2v) is 3.22. The highest BCUT2D eigenvalue weighted by molar-refractivity contribution is 5.26. The normalized spacial score (nSPS) is 12.5. The third-order valence-corrected chi connectivity index (χ3v) is 1.97. The van der Waals surface area contributed by atoms with E-state index in [-0.39, 0.29) is 6.29 Å². The summed E-state index contributed by atoms with van der Waals surface area (Å²) in [6.07, 6.45) is 0.740. The SMILES string of the molecule is CCOC(CC)Oc1ccc(C)cc1. The molecule has 78 valence electrons. The van der Waals surface area contributed by atoms with Gasteiger partial charge in [0.1, 0.15) is 5.75 Å². The summed E-state index contributed by atoms with van der Waals surface area (Å²) in [4.78, 5) is 0. The van der Waals surface area contributed by atoms with Crippen molar-refractivity contribution in [3.05, 3.63) is 29.8 Å². The van der Waals surface area contributed by atoms with Crippen molar-refractivity contribution in [3.63, 3.8) is 0 Å². The van der Waals surface area contributed by atoms with Crippen LogP contribution < -0.4 is 4.74 Å². The van der Waals surface area contributed by atoms with E-state index in [0.29, 0.717) is 6.61 Å². The molecule has 0 aromatic heterocycles. The number of hydrogen-bond donors (Lipinski definition) is 0. The summed E-state index contributed by atoms with van der Waals surface area (Å²) in [6.45, 7) is 6.77. The lowest BCUT2D eigenvalue weighted by Crippen LogP contribution is -2.19. The quantitative estimate of drug-likeness (QED) is 0.670. The summed E-state index contributed by atoms with van der Waals surface area (Å²) in [5, 5.41) is 0. The Labute approximate surface area is 85.8 Å². The molecule has 0 aliphatic carbocycles. The molecule has 1 unspecified atom stereocenters. The molecule has 0 saturated carbocycles. The second-order valence-electron chi connectivity index (χ2n) is 3.22. The van der Waals surface area contributed by atoms with Crippen LogP contribution in [0.15, 0.2) is 24.3 Å².